The Labute approximate surface area is 412 Å². The number of esters is 4. The van der Waals surface area contributed by atoms with Gasteiger partial charge >= 0.3 is 30.0 Å². The second-order valence-corrected chi connectivity index (χ2v) is 21.2. The number of ketones is 1. The molecule has 3 aliphatic carbocycles. The molecule has 2 amide bonds. The number of hydrogen-bond donors (Lipinski definition) is 5. The standard InChI is InChI=1S/C52H67N3O16/c1-29-33(67-46(63)41(68-37(59)23-22-36(58)54-55-24-16-11-17-25-55)39(31-18-12-9-13-19-31)53-47(64)71-48(3,4)5)27-52(65)44(69-45(62)32-20-14-10-15-21-32)42-50(8,43(61)40(60)38(29)49(52,6)7)34(57)26-35-51(42,28-66-35)70-30(2)56/h9-10,12-15,18-21,33-35,39,41-44,57,61,65H,11,16-17,22-28H2,1-8H3,(H,53,64)(H,54,58)/t33-,34-,35+,39-,41+,42-,43?,44-,50+,51-,52+/m0/s1. The molecule has 2 bridgehead atoms. The van der Waals surface area contributed by atoms with E-state index < -0.39 is 131 Å². The van der Waals surface area contributed by atoms with E-state index in [0.29, 0.717) is 13.1 Å². The molecule has 19 heteroatoms. The van der Waals surface area contributed by atoms with E-state index in [1.165, 1.54) is 39.8 Å². The third kappa shape index (κ3) is 10.3. The molecule has 386 valence electrons. The Kier molecular flexibility index (Phi) is 15.3. The highest BCUT2D eigenvalue weighted by Crippen LogP contribution is 2.64. The summed E-state index contributed by atoms with van der Waals surface area (Å²) in [6.07, 6.45) is -9.91. The third-order valence-corrected chi connectivity index (χ3v) is 15.0. The second-order valence-electron chi connectivity index (χ2n) is 21.2. The Hall–Kier alpha value is -5.73. The molecule has 0 spiro atoms. The predicted octanol–water partition coefficient (Wildman–Crippen LogP) is 4.11. The second kappa shape index (κ2) is 20.4. The van der Waals surface area contributed by atoms with Crippen molar-refractivity contribution >= 4 is 41.7 Å². The molecule has 5 N–H and O–H groups in total. The maximum absolute atomic E-state index is 15.2. The molecule has 7 rings (SSSR count). The van der Waals surface area contributed by atoms with Gasteiger partial charge in [0.05, 0.1) is 30.6 Å². The molecule has 2 saturated carbocycles. The largest absolute Gasteiger partial charge is 0.455 e. The zero-order valence-corrected chi connectivity index (χ0v) is 41.6. The summed E-state index contributed by atoms with van der Waals surface area (Å²) in [5.74, 6) is -6.98. The van der Waals surface area contributed by atoms with Crippen LogP contribution in [0.3, 0.4) is 0 Å². The minimum atomic E-state index is -2.47. The van der Waals surface area contributed by atoms with Crippen LogP contribution in [-0.2, 0) is 52.4 Å². The van der Waals surface area contributed by atoms with Crippen molar-refractivity contribution in [1.29, 1.82) is 0 Å². The number of alkyl carbamates (subject to hydrolysis) is 1. The van der Waals surface area contributed by atoms with Crippen LogP contribution in [0.2, 0.25) is 0 Å². The topological polar surface area (TPSA) is 263 Å². The number of carbonyl (C=O) groups is 7. The summed E-state index contributed by atoms with van der Waals surface area (Å²) >= 11 is 0. The van der Waals surface area contributed by atoms with Gasteiger partial charge in [-0.15, -0.1) is 0 Å². The zero-order chi connectivity index (χ0) is 51.8. The van der Waals surface area contributed by atoms with E-state index in [1.807, 2.05) is 0 Å². The number of piperidine rings is 1. The smallest absolute Gasteiger partial charge is 0.408 e. The minimum absolute atomic E-state index is 0.0532. The Balaban J connectivity index is 1.32. The lowest BCUT2D eigenvalue weighted by Gasteiger charge is -2.68. The number of ether oxygens (including phenoxy) is 6. The minimum Gasteiger partial charge on any atom is -0.455 e. The average molecular weight is 990 g/mol. The summed E-state index contributed by atoms with van der Waals surface area (Å²) < 4.78 is 36.1. The Morgan fingerprint density at radius 1 is 0.901 bits per heavy atom. The number of amides is 2. The lowest BCUT2D eigenvalue weighted by Crippen LogP contribution is -2.82. The van der Waals surface area contributed by atoms with E-state index in [1.54, 1.807) is 74.3 Å². The number of hydrazine groups is 1. The van der Waals surface area contributed by atoms with Gasteiger partial charge in [-0.2, -0.15) is 0 Å². The van der Waals surface area contributed by atoms with Crippen LogP contribution < -0.4 is 10.7 Å². The number of Topliss-reactive ketones (excluding diaryl/α,β-unsaturated/α-hetero) is 1. The summed E-state index contributed by atoms with van der Waals surface area (Å²) in [4.78, 5) is 98.0. The van der Waals surface area contributed by atoms with Gasteiger partial charge in [0.25, 0.3) is 0 Å². The molecule has 1 unspecified atom stereocenters. The molecule has 2 heterocycles. The van der Waals surface area contributed by atoms with Gasteiger partial charge in [-0.25, -0.2) is 19.4 Å². The fourth-order valence-corrected chi connectivity index (χ4v) is 11.3. The quantitative estimate of drug-likeness (QED) is 0.140. The first-order valence-corrected chi connectivity index (χ1v) is 24.2. The maximum atomic E-state index is 15.2. The lowest BCUT2D eigenvalue weighted by molar-refractivity contribution is -0.357. The average Bonchev–Trinajstić information content (AvgIpc) is 3.30. The molecule has 2 aromatic carbocycles. The van der Waals surface area contributed by atoms with E-state index in [2.05, 4.69) is 10.7 Å². The van der Waals surface area contributed by atoms with Crippen molar-refractivity contribution in [2.75, 3.05) is 19.7 Å². The molecular formula is C52H67N3O16. The molecule has 2 aromatic rings. The van der Waals surface area contributed by atoms with Gasteiger partial charge in [0.15, 0.2) is 11.4 Å². The Morgan fingerprint density at radius 2 is 1.54 bits per heavy atom. The van der Waals surface area contributed by atoms with E-state index in [0.717, 1.165) is 26.2 Å². The van der Waals surface area contributed by atoms with Gasteiger partial charge in [0, 0.05) is 55.7 Å². The number of nitrogens with zero attached hydrogens (tertiary/aromatic N) is 1. The summed E-state index contributed by atoms with van der Waals surface area (Å²) in [7, 11) is 0. The van der Waals surface area contributed by atoms with E-state index in [4.69, 9.17) is 28.4 Å². The van der Waals surface area contributed by atoms with Gasteiger partial charge < -0.3 is 49.1 Å². The van der Waals surface area contributed by atoms with Crippen LogP contribution in [0.15, 0.2) is 71.8 Å². The van der Waals surface area contributed by atoms with Gasteiger partial charge in [-0.3, -0.25) is 24.6 Å². The highest BCUT2D eigenvalue weighted by atomic mass is 16.6. The van der Waals surface area contributed by atoms with Crippen LogP contribution in [0.4, 0.5) is 4.79 Å². The summed E-state index contributed by atoms with van der Waals surface area (Å²) in [5.41, 5.74) is -6.02. The monoisotopic (exact) mass is 989 g/mol. The number of carbonyl (C=O) groups excluding carboxylic acids is 7. The molecule has 5 aliphatic rings. The Bertz CT molecular complexity index is 2400. The maximum Gasteiger partial charge on any atom is 0.408 e. The molecule has 11 atom stereocenters. The zero-order valence-electron chi connectivity index (χ0n) is 41.6. The van der Waals surface area contributed by atoms with Crippen molar-refractivity contribution in [3.05, 3.63) is 82.9 Å². The van der Waals surface area contributed by atoms with Crippen molar-refractivity contribution in [1.82, 2.24) is 15.8 Å². The first kappa shape index (κ1) is 53.1. The van der Waals surface area contributed by atoms with Gasteiger partial charge in [-0.05, 0) is 63.8 Å². The van der Waals surface area contributed by atoms with Crippen molar-refractivity contribution < 1.29 is 77.3 Å². The molecular weight excluding hydrogens is 923 g/mol. The summed E-state index contributed by atoms with van der Waals surface area (Å²) in [6.45, 7) is 12.9. The van der Waals surface area contributed by atoms with Gasteiger partial charge in [0.2, 0.25) is 12.0 Å². The third-order valence-electron chi connectivity index (χ3n) is 15.0. The van der Waals surface area contributed by atoms with E-state index in [-0.39, 0.29) is 41.7 Å². The van der Waals surface area contributed by atoms with E-state index >= 15 is 9.59 Å². The number of aliphatic hydroxyl groups is 3. The molecule has 2 saturated heterocycles. The molecule has 0 aromatic heterocycles. The van der Waals surface area contributed by atoms with Crippen molar-refractivity contribution in [3.8, 4) is 0 Å². The molecule has 4 fully saturated rings. The molecule has 0 radical (unpaired) electrons. The number of nitrogens with one attached hydrogen (secondary N) is 2. The summed E-state index contributed by atoms with van der Waals surface area (Å²) in [6, 6.07) is 14.4. The van der Waals surface area contributed by atoms with Crippen LogP contribution >= 0.6 is 0 Å². The van der Waals surface area contributed by atoms with Gasteiger partial charge in [0.1, 0.15) is 41.7 Å². The first-order chi connectivity index (χ1) is 33.3. The summed E-state index contributed by atoms with van der Waals surface area (Å²) in [5, 5.41) is 42.7. The van der Waals surface area contributed by atoms with Crippen LogP contribution in [0.1, 0.15) is 122 Å². The number of hydrogen-bond acceptors (Lipinski definition) is 17. The van der Waals surface area contributed by atoms with Crippen molar-refractivity contribution in [3.63, 3.8) is 0 Å². The number of fused-ring (bicyclic) bond motifs is 5. The predicted molar refractivity (Wildman–Crippen MR) is 250 cm³/mol. The van der Waals surface area contributed by atoms with Crippen LogP contribution in [0, 0.1) is 16.7 Å². The SMILES string of the molecule is CC(=O)O[C@@]12CO[C@@H]1C[C@H](O)[C@@]1(C)C(O)C(=O)C3=C(C)[C@@H](OC(=O)[C@H](OC(=O)CCC(=O)NN4CCCCC4)[C@@H](NC(=O)OC(C)(C)C)c4ccccc4)C[C@@](O)([C@@H](OC(=O)c4ccccc4)[C@H]21)C3(C)C. The normalized spacial score (nSPS) is 31.1. The van der Waals surface area contributed by atoms with Crippen LogP contribution in [0.25, 0.3) is 0 Å². The van der Waals surface area contributed by atoms with Crippen molar-refractivity contribution in [2.24, 2.45) is 16.7 Å². The number of aliphatic hydroxyl groups excluding tert-OH is 2. The highest BCUT2D eigenvalue weighted by molar-refractivity contribution is 6.02. The Morgan fingerprint density at radius 3 is 2.13 bits per heavy atom. The molecule has 2 aliphatic heterocycles. The number of rotatable bonds is 13. The molecule has 71 heavy (non-hydrogen) atoms. The fraction of sp³-hybridized carbons (Fsp3) is 0.596. The highest BCUT2D eigenvalue weighted by Gasteiger charge is 2.78. The van der Waals surface area contributed by atoms with Crippen LogP contribution in [-0.4, -0.2) is 135 Å². The van der Waals surface area contributed by atoms with Crippen molar-refractivity contribution in [2.45, 2.75) is 160 Å². The van der Waals surface area contributed by atoms with Gasteiger partial charge in [-0.1, -0.05) is 75.7 Å². The molecule has 19 nitrogen and oxygen atoms in total. The first-order valence-electron chi connectivity index (χ1n) is 24.2. The van der Waals surface area contributed by atoms with Crippen LogP contribution in [0.5, 0.6) is 0 Å². The fourth-order valence-electron chi connectivity index (χ4n) is 11.3. The number of benzene rings is 2. The van der Waals surface area contributed by atoms with E-state index in [9.17, 15) is 39.3 Å². The lowest BCUT2D eigenvalue weighted by atomic mass is 9.44.